The van der Waals surface area contributed by atoms with E-state index in [-0.39, 0.29) is 12.3 Å². The summed E-state index contributed by atoms with van der Waals surface area (Å²) in [6.45, 7) is 2.70. The first-order valence-corrected chi connectivity index (χ1v) is 4.97. The van der Waals surface area contributed by atoms with Crippen LogP contribution in [-0.2, 0) is 9.47 Å². The first-order chi connectivity index (χ1) is 7.27. The number of hydrogen-bond acceptors (Lipinski definition) is 4. The van der Waals surface area contributed by atoms with Gasteiger partial charge in [0.15, 0.2) is 6.29 Å². The fourth-order valence-corrected chi connectivity index (χ4v) is 1.27. The molecular formula is C11H18N2O2. The zero-order chi connectivity index (χ0) is 11.1. The summed E-state index contributed by atoms with van der Waals surface area (Å²) in [5, 5.41) is 3.29. The maximum Gasteiger partial charge on any atom is 0.169 e. The largest absolute Gasteiger partial charge is 0.355 e. The average molecular weight is 210 g/mol. The molecule has 0 aromatic carbocycles. The van der Waals surface area contributed by atoms with E-state index in [2.05, 4.69) is 17.2 Å². The molecule has 0 aliphatic heterocycles. The van der Waals surface area contributed by atoms with Crippen LogP contribution in [0.3, 0.4) is 0 Å². The highest BCUT2D eigenvalue weighted by atomic mass is 16.7. The summed E-state index contributed by atoms with van der Waals surface area (Å²) in [5.41, 5.74) is 1.02. The molecule has 1 aromatic heterocycles. The predicted molar refractivity (Wildman–Crippen MR) is 58.5 cm³/mol. The van der Waals surface area contributed by atoms with Crippen molar-refractivity contribution in [3.8, 4) is 0 Å². The minimum absolute atomic E-state index is 0.194. The van der Waals surface area contributed by atoms with E-state index in [4.69, 9.17) is 9.47 Å². The third-order valence-corrected chi connectivity index (χ3v) is 2.25. The molecule has 4 nitrogen and oxygen atoms in total. The van der Waals surface area contributed by atoms with Gasteiger partial charge < -0.3 is 14.8 Å². The van der Waals surface area contributed by atoms with Crippen molar-refractivity contribution in [2.24, 2.45) is 0 Å². The van der Waals surface area contributed by atoms with Crippen molar-refractivity contribution >= 4 is 0 Å². The highest BCUT2D eigenvalue weighted by molar-refractivity contribution is 5.07. The molecule has 1 rings (SSSR count). The molecule has 0 fully saturated rings. The van der Waals surface area contributed by atoms with Gasteiger partial charge in [-0.1, -0.05) is 6.07 Å². The second kappa shape index (κ2) is 6.50. The van der Waals surface area contributed by atoms with E-state index in [1.165, 1.54) is 0 Å². The molecule has 0 saturated heterocycles. The van der Waals surface area contributed by atoms with Gasteiger partial charge in [-0.2, -0.15) is 0 Å². The van der Waals surface area contributed by atoms with Crippen LogP contribution in [-0.4, -0.2) is 32.0 Å². The van der Waals surface area contributed by atoms with Gasteiger partial charge in [0, 0.05) is 33.0 Å². The normalized spacial score (nSPS) is 13.1. The standard InChI is InChI=1S/C11H18N2O2/c1-9(10-6-4-5-7-12-10)13-8-11(14-2)15-3/h4-7,9,11,13H,8H2,1-3H3/t9-/m0/s1. The van der Waals surface area contributed by atoms with Gasteiger partial charge in [0.2, 0.25) is 0 Å². The Morgan fingerprint density at radius 1 is 1.33 bits per heavy atom. The highest BCUT2D eigenvalue weighted by Crippen LogP contribution is 2.07. The van der Waals surface area contributed by atoms with Crippen LogP contribution in [0.4, 0.5) is 0 Å². The third kappa shape index (κ3) is 3.95. The van der Waals surface area contributed by atoms with Crippen LogP contribution in [0, 0.1) is 0 Å². The minimum Gasteiger partial charge on any atom is -0.355 e. The fraction of sp³-hybridized carbons (Fsp3) is 0.545. The van der Waals surface area contributed by atoms with Crippen LogP contribution >= 0.6 is 0 Å². The van der Waals surface area contributed by atoms with E-state index >= 15 is 0 Å². The predicted octanol–water partition coefficient (Wildman–Crippen LogP) is 1.35. The quantitative estimate of drug-likeness (QED) is 0.720. The monoisotopic (exact) mass is 210 g/mol. The average Bonchev–Trinajstić information content (AvgIpc) is 2.31. The molecule has 0 amide bonds. The van der Waals surface area contributed by atoms with Crippen molar-refractivity contribution in [1.82, 2.24) is 10.3 Å². The smallest absolute Gasteiger partial charge is 0.169 e. The topological polar surface area (TPSA) is 43.4 Å². The van der Waals surface area contributed by atoms with Crippen LogP contribution in [0.2, 0.25) is 0 Å². The molecule has 15 heavy (non-hydrogen) atoms. The van der Waals surface area contributed by atoms with Crippen molar-refractivity contribution in [3.63, 3.8) is 0 Å². The van der Waals surface area contributed by atoms with Crippen LogP contribution in [0.1, 0.15) is 18.7 Å². The zero-order valence-electron chi connectivity index (χ0n) is 9.43. The Bertz CT molecular complexity index is 263. The van der Waals surface area contributed by atoms with Crippen LogP contribution in [0.25, 0.3) is 0 Å². The summed E-state index contributed by atoms with van der Waals surface area (Å²) >= 11 is 0. The van der Waals surface area contributed by atoms with E-state index in [0.29, 0.717) is 6.54 Å². The minimum atomic E-state index is -0.212. The number of nitrogens with one attached hydrogen (secondary N) is 1. The van der Waals surface area contributed by atoms with Gasteiger partial charge in [0.05, 0.1) is 5.69 Å². The van der Waals surface area contributed by atoms with Gasteiger partial charge >= 0.3 is 0 Å². The molecule has 1 N–H and O–H groups in total. The second-order valence-electron chi connectivity index (χ2n) is 3.29. The molecule has 0 radical (unpaired) electrons. The van der Waals surface area contributed by atoms with Gasteiger partial charge in [-0.25, -0.2) is 0 Å². The van der Waals surface area contributed by atoms with Gasteiger partial charge in [-0.05, 0) is 19.1 Å². The molecule has 84 valence electrons. The molecular weight excluding hydrogens is 192 g/mol. The SMILES string of the molecule is COC(CN[C@@H](C)c1ccccn1)OC. The third-order valence-electron chi connectivity index (χ3n) is 2.25. The second-order valence-corrected chi connectivity index (χ2v) is 3.29. The van der Waals surface area contributed by atoms with Crippen LogP contribution in [0.15, 0.2) is 24.4 Å². The molecule has 0 unspecified atom stereocenters. The Labute approximate surface area is 90.6 Å². The number of pyridine rings is 1. The summed E-state index contributed by atoms with van der Waals surface area (Å²) in [5.74, 6) is 0. The lowest BCUT2D eigenvalue weighted by Crippen LogP contribution is -2.31. The maximum atomic E-state index is 5.08. The van der Waals surface area contributed by atoms with E-state index in [1.807, 2.05) is 18.2 Å². The first-order valence-electron chi connectivity index (χ1n) is 4.97. The number of ether oxygens (including phenoxy) is 2. The van der Waals surface area contributed by atoms with Crippen molar-refractivity contribution in [2.75, 3.05) is 20.8 Å². The number of aromatic nitrogens is 1. The maximum absolute atomic E-state index is 5.08. The van der Waals surface area contributed by atoms with E-state index < -0.39 is 0 Å². The summed E-state index contributed by atoms with van der Waals surface area (Å²) in [6, 6.07) is 6.07. The van der Waals surface area contributed by atoms with Gasteiger partial charge in [-0.3, -0.25) is 4.98 Å². The molecule has 0 spiro atoms. The lowest BCUT2D eigenvalue weighted by Gasteiger charge is -2.18. The van der Waals surface area contributed by atoms with Crippen molar-refractivity contribution in [2.45, 2.75) is 19.3 Å². The van der Waals surface area contributed by atoms with Crippen LogP contribution in [0.5, 0.6) is 0 Å². The first kappa shape index (κ1) is 12.1. The molecule has 1 atom stereocenters. The summed E-state index contributed by atoms with van der Waals surface area (Å²) in [6.07, 6.45) is 1.58. The molecule has 4 heteroatoms. The fourth-order valence-electron chi connectivity index (χ4n) is 1.27. The number of rotatable bonds is 6. The lowest BCUT2D eigenvalue weighted by atomic mass is 10.2. The Hall–Kier alpha value is -0.970. The Morgan fingerprint density at radius 2 is 2.07 bits per heavy atom. The molecule has 1 aromatic rings. The van der Waals surface area contributed by atoms with E-state index in [0.717, 1.165) is 5.69 Å². The van der Waals surface area contributed by atoms with Crippen molar-refractivity contribution in [1.29, 1.82) is 0 Å². The lowest BCUT2D eigenvalue weighted by molar-refractivity contribution is -0.0997. The molecule has 0 aliphatic rings. The Kier molecular flexibility index (Phi) is 5.25. The summed E-state index contributed by atoms with van der Waals surface area (Å²) in [7, 11) is 3.25. The van der Waals surface area contributed by atoms with Crippen molar-refractivity contribution < 1.29 is 9.47 Å². The molecule has 1 heterocycles. The highest BCUT2D eigenvalue weighted by Gasteiger charge is 2.09. The zero-order valence-corrected chi connectivity index (χ0v) is 9.43. The molecule has 0 bridgehead atoms. The van der Waals surface area contributed by atoms with Crippen molar-refractivity contribution in [3.05, 3.63) is 30.1 Å². The van der Waals surface area contributed by atoms with E-state index in [9.17, 15) is 0 Å². The summed E-state index contributed by atoms with van der Waals surface area (Å²) < 4.78 is 10.2. The van der Waals surface area contributed by atoms with Gasteiger partial charge in [-0.15, -0.1) is 0 Å². The Balaban J connectivity index is 2.39. The van der Waals surface area contributed by atoms with E-state index in [1.54, 1.807) is 20.4 Å². The number of nitrogens with zero attached hydrogens (tertiary/aromatic N) is 1. The number of methoxy groups -OCH3 is 2. The van der Waals surface area contributed by atoms with Gasteiger partial charge in [0.1, 0.15) is 0 Å². The van der Waals surface area contributed by atoms with Crippen LogP contribution < -0.4 is 5.32 Å². The number of hydrogen-bond donors (Lipinski definition) is 1. The molecule has 0 saturated carbocycles. The van der Waals surface area contributed by atoms with Gasteiger partial charge in [0.25, 0.3) is 0 Å². The molecule has 0 aliphatic carbocycles. The summed E-state index contributed by atoms with van der Waals surface area (Å²) in [4.78, 5) is 4.26. The Morgan fingerprint density at radius 3 is 2.60 bits per heavy atom.